The molecule has 0 aliphatic heterocycles. The van der Waals surface area contributed by atoms with Gasteiger partial charge in [-0.2, -0.15) is 0 Å². The number of rotatable bonds is 2. The van der Waals surface area contributed by atoms with Crippen molar-refractivity contribution < 1.29 is 0 Å². The van der Waals surface area contributed by atoms with Crippen LogP contribution in [0, 0.1) is 0 Å². The zero-order valence-corrected chi connectivity index (χ0v) is 11.1. The van der Waals surface area contributed by atoms with E-state index in [9.17, 15) is 0 Å². The van der Waals surface area contributed by atoms with Crippen LogP contribution in [0.3, 0.4) is 0 Å². The van der Waals surface area contributed by atoms with Crippen molar-refractivity contribution >= 4 is 5.82 Å². The molecule has 18 heavy (non-hydrogen) atoms. The molecule has 1 aromatic rings. The molecule has 0 unspecified atom stereocenters. The van der Waals surface area contributed by atoms with E-state index in [1.54, 1.807) is 0 Å². The summed E-state index contributed by atoms with van der Waals surface area (Å²) in [7, 11) is 0. The van der Waals surface area contributed by atoms with Crippen LogP contribution in [0.25, 0.3) is 0 Å². The number of nitrogens with zero attached hydrogens (tertiary/aromatic N) is 3. The Hall–Kier alpha value is -1.06. The molecule has 1 aromatic heterocycles. The first kappa shape index (κ1) is 12.0. The normalized spacial score (nSPS) is 23.3. The van der Waals surface area contributed by atoms with Gasteiger partial charge in [-0.25, -0.2) is 4.68 Å². The fraction of sp³-hybridized carbons (Fsp3) is 0.857. The van der Waals surface area contributed by atoms with Crippen LogP contribution >= 0.6 is 0 Å². The number of aromatic nitrogens is 3. The molecule has 2 aliphatic carbocycles. The summed E-state index contributed by atoms with van der Waals surface area (Å²) in [6.07, 6.45) is 12.9. The van der Waals surface area contributed by atoms with Gasteiger partial charge in [-0.3, -0.25) is 0 Å². The lowest BCUT2D eigenvalue weighted by Crippen LogP contribution is -2.17. The molecule has 1 heterocycles. The van der Waals surface area contributed by atoms with Crippen LogP contribution in [-0.4, -0.2) is 15.0 Å². The monoisotopic (exact) mass is 248 g/mol. The number of hydrogen-bond donors (Lipinski definition) is 1. The molecule has 0 radical (unpaired) electrons. The van der Waals surface area contributed by atoms with E-state index in [1.165, 1.54) is 64.2 Å². The maximum atomic E-state index is 6.30. The lowest BCUT2D eigenvalue weighted by atomic mass is 9.87. The molecule has 0 aromatic carbocycles. The third-order valence-corrected chi connectivity index (χ3v) is 4.67. The first-order chi connectivity index (χ1) is 8.86. The summed E-state index contributed by atoms with van der Waals surface area (Å²) in [4.78, 5) is 0. The molecule has 0 saturated heterocycles. The fourth-order valence-corrected chi connectivity index (χ4v) is 3.58. The second kappa shape index (κ2) is 5.29. The van der Waals surface area contributed by atoms with Crippen LogP contribution in [0.15, 0.2) is 0 Å². The van der Waals surface area contributed by atoms with Gasteiger partial charge < -0.3 is 5.73 Å². The fourth-order valence-electron chi connectivity index (χ4n) is 3.58. The third kappa shape index (κ3) is 2.25. The summed E-state index contributed by atoms with van der Waals surface area (Å²) in [5, 5.41) is 8.76. The van der Waals surface area contributed by atoms with Crippen LogP contribution in [0.2, 0.25) is 0 Å². The van der Waals surface area contributed by atoms with Crippen LogP contribution in [0.4, 0.5) is 5.82 Å². The SMILES string of the molecule is Nc1c(C2CCCCC2)nnn1C1CCCCC1. The van der Waals surface area contributed by atoms with Crippen LogP contribution in [0.1, 0.15) is 81.9 Å². The second-order valence-corrected chi connectivity index (χ2v) is 5.93. The predicted molar refractivity (Wildman–Crippen MR) is 72.4 cm³/mol. The molecule has 0 atom stereocenters. The molecule has 0 amide bonds. The van der Waals surface area contributed by atoms with Crippen LogP contribution in [-0.2, 0) is 0 Å². The summed E-state index contributed by atoms with van der Waals surface area (Å²) in [6.45, 7) is 0. The zero-order chi connectivity index (χ0) is 12.4. The smallest absolute Gasteiger partial charge is 0.146 e. The highest BCUT2D eigenvalue weighted by Crippen LogP contribution is 2.36. The molecule has 2 saturated carbocycles. The van der Waals surface area contributed by atoms with Gasteiger partial charge in [0, 0.05) is 5.92 Å². The van der Waals surface area contributed by atoms with Gasteiger partial charge >= 0.3 is 0 Å². The predicted octanol–water partition coefficient (Wildman–Crippen LogP) is 3.41. The van der Waals surface area contributed by atoms with E-state index in [0.717, 1.165) is 11.5 Å². The van der Waals surface area contributed by atoms with Gasteiger partial charge in [0.05, 0.1) is 6.04 Å². The van der Waals surface area contributed by atoms with Gasteiger partial charge in [-0.15, -0.1) is 5.10 Å². The summed E-state index contributed by atoms with van der Waals surface area (Å²) >= 11 is 0. The van der Waals surface area contributed by atoms with Crippen LogP contribution < -0.4 is 5.73 Å². The molecule has 4 nitrogen and oxygen atoms in total. The quantitative estimate of drug-likeness (QED) is 0.872. The van der Waals surface area contributed by atoms with Gasteiger partial charge in [0.15, 0.2) is 0 Å². The average Bonchev–Trinajstić information content (AvgIpc) is 2.83. The largest absolute Gasteiger partial charge is 0.382 e. The molecule has 3 rings (SSSR count). The highest BCUT2D eigenvalue weighted by molar-refractivity contribution is 5.37. The highest BCUT2D eigenvalue weighted by atomic mass is 15.5. The number of anilines is 1. The second-order valence-electron chi connectivity index (χ2n) is 5.93. The lowest BCUT2D eigenvalue weighted by molar-refractivity contribution is 0.328. The van der Waals surface area contributed by atoms with Crippen molar-refractivity contribution in [3.63, 3.8) is 0 Å². The first-order valence-corrected chi connectivity index (χ1v) is 7.57. The Kier molecular flexibility index (Phi) is 3.52. The standard InChI is InChI=1S/C14H24N4/c15-14-13(11-7-3-1-4-8-11)16-17-18(14)12-9-5-2-6-10-12/h11-12H,1-10,15H2. The minimum Gasteiger partial charge on any atom is -0.382 e. The molecule has 4 heteroatoms. The van der Waals surface area contributed by atoms with Crippen molar-refractivity contribution in [2.75, 3.05) is 5.73 Å². The Morgan fingerprint density at radius 1 is 0.889 bits per heavy atom. The third-order valence-electron chi connectivity index (χ3n) is 4.67. The molecule has 2 aliphatic rings. The van der Waals surface area contributed by atoms with Gasteiger partial charge in [0.25, 0.3) is 0 Å². The van der Waals surface area contributed by atoms with Gasteiger partial charge in [0.2, 0.25) is 0 Å². The zero-order valence-electron chi connectivity index (χ0n) is 11.1. The lowest BCUT2D eigenvalue weighted by Gasteiger charge is -2.23. The van der Waals surface area contributed by atoms with E-state index >= 15 is 0 Å². The molecule has 100 valence electrons. The van der Waals surface area contributed by atoms with Crippen molar-refractivity contribution in [1.82, 2.24) is 15.0 Å². The van der Waals surface area contributed by atoms with E-state index < -0.39 is 0 Å². The Labute approximate surface area is 109 Å². The topological polar surface area (TPSA) is 56.7 Å². The van der Waals surface area contributed by atoms with E-state index in [0.29, 0.717) is 12.0 Å². The van der Waals surface area contributed by atoms with Crippen molar-refractivity contribution in [3.8, 4) is 0 Å². The Morgan fingerprint density at radius 3 is 2.17 bits per heavy atom. The minimum absolute atomic E-state index is 0.503. The molecular formula is C14H24N4. The number of hydrogen-bond acceptors (Lipinski definition) is 3. The van der Waals surface area contributed by atoms with Crippen molar-refractivity contribution in [3.05, 3.63) is 5.69 Å². The molecule has 0 spiro atoms. The maximum absolute atomic E-state index is 6.30. The van der Waals surface area contributed by atoms with Gasteiger partial charge in [-0.05, 0) is 25.7 Å². The number of nitrogens with two attached hydrogens (primary N) is 1. The first-order valence-electron chi connectivity index (χ1n) is 7.57. The summed E-state index contributed by atoms with van der Waals surface area (Å²) in [5.41, 5.74) is 7.39. The van der Waals surface area contributed by atoms with E-state index in [2.05, 4.69) is 10.3 Å². The van der Waals surface area contributed by atoms with Crippen molar-refractivity contribution in [1.29, 1.82) is 0 Å². The molecule has 2 N–H and O–H groups in total. The number of nitrogen functional groups attached to an aromatic ring is 1. The van der Waals surface area contributed by atoms with Crippen molar-refractivity contribution in [2.24, 2.45) is 0 Å². The summed E-state index contributed by atoms with van der Waals surface area (Å²) < 4.78 is 2.02. The van der Waals surface area contributed by atoms with Gasteiger partial charge in [0.1, 0.15) is 11.5 Å². The van der Waals surface area contributed by atoms with E-state index in [-0.39, 0.29) is 0 Å². The minimum atomic E-state index is 0.503. The average molecular weight is 248 g/mol. The van der Waals surface area contributed by atoms with Crippen molar-refractivity contribution in [2.45, 2.75) is 76.2 Å². The Morgan fingerprint density at radius 2 is 1.50 bits per heavy atom. The summed E-state index contributed by atoms with van der Waals surface area (Å²) in [6, 6.07) is 0.503. The Balaban J connectivity index is 1.78. The molecular weight excluding hydrogens is 224 g/mol. The van der Waals surface area contributed by atoms with E-state index in [1.807, 2.05) is 4.68 Å². The molecule has 2 fully saturated rings. The van der Waals surface area contributed by atoms with E-state index in [4.69, 9.17) is 5.73 Å². The Bertz CT molecular complexity index is 351. The highest BCUT2D eigenvalue weighted by Gasteiger charge is 2.25. The van der Waals surface area contributed by atoms with Gasteiger partial charge in [-0.1, -0.05) is 43.7 Å². The molecule has 0 bridgehead atoms. The summed E-state index contributed by atoms with van der Waals surface area (Å²) in [5.74, 6) is 1.42. The maximum Gasteiger partial charge on any atom is 0.146 e. The van der Waals surface area contributed by atoms with Crippen LogP contribution in [0.5, 0.6) is 0 Å².